The quantitative estimate of drug-likeness (QED) is 0.621. The van der Waals surface area contributed by atoms with Gasteiger partial charge in [0.25, 0.3) is 5.91 Å². The van der Waals surface area contributed by atoms with E-state index in [-0.39, 0.29) is 4.90 Å². The van der Waals surface area contributed by atoms with Crippen LogP contribution in [0.4, 0.5) is 5.00 Å². The second-order valence-electron chi connectivity index (χ2n) is 6.33. The lowest BCUT2D eigenvalue weighted by molar-refractivity contribution is -0.111. The molecule has 0 radical (unpaired) electrons. The van der Waals surface area contributed by atoms with Crippen LogP contribution in [0.5, 0.6) is 0 Å². The van der Waals surface area contributed by atoms with Crippen LogP contribution in [0.2, 0.25) is 0 Å². The maximum atomic E-state index is 12.5. The number of anilines is 1. The van der Waals surface area contributed by atoms with Gasteiger partial charge in [0, 0.05) is 24.0 Å². The van der Waals surface area contributed by atoms with Crippen LogP contribution in [0.25, 0.3) is 6.08 Å². The number of nitrogens with two attached hydrogens (primary N) is 1. The van der Waals surface area contributed by atoms with Gasteiger partial charge in [-0.1, -0.05) is 26.0 Å². The number of amides is 2. The van der Waals surface area contributed by atoms with Gasteiger partial charge in [0.15, 0.2) is 0 Å². The zero-order valence-corrected chi connectivity index (χ0v) is 18.5. The van der Waals surface area contributed by atoms with Gasteiger partial charge in [0.2, 0.25) is 15.9 Å². The molecule has 0 saturated heterocycles. The second kappa shape index (κ2) is 9.34. The van der Waals surface area contributed by atoms with Crippen molar-refractivity contribution in [2.24, 2.45) is 5.73 Å². The molecule has 29 heavy (non-hydrogen) atoms. The molecular weight excluding hydrogens is 410 g/mol. The minimum atomic E-state index is -3.52. The van der Waals surface area contributed by atoms with Gasteiger partial charge in [-0.2, -0.15) is 4.31 Å². The maximum Gasteiger partial charge on any atom is 0.251 e. The Kier molecular flexibility index (Phi) is 7.34. The number of carbonyl (C=O) groups excluding carboxylic acids is 2. The summed E-state index contributed by atoms with van der Waals surface area (Å²) in [6, 6.07) is 6.30. The average molecular weight is 436 g/mol. The molecule has 1 aromatic carbocycles. The van der Waals surface area contributed by atoms with Gasteiger partial charge in [-0.05, 0) is 43.2 Å². The van der Waals surface area contributed by atoms with E-state index in [0.717, 1.165) is 10.4 Å². The highest BCUT2D eigenvalue weighted by molar-refractivity contribution is 7.89. The molecule has 2 amide bonds. The lowest BCUT2D eigenvalue weighted by atomic mass is 10.1. The average Bonchev–Trinajstić information content (AvgIpc) is 2.94. The number of hydrogen-bond acceptors (Lipinski definition) is 5. The number of thiophene rings is 1. The molecule has 2 rings (SSSR count). The second-order valence-corrected chi connectivity index (χ2v) is 9.50. The van der Waals surface area contributed by atoms with E-state index in [9.17, 15) is 18.0 Å². The van der Waals surface area contributed by atoms with Crippen LogP contribution in [-0.4, -0.2) is 37.6 Å². The molecule has 0 saturated carbocycles. The molecule has 0 aliphatic rings. The molecule has 1 heterocycles. The summed E-state index contributed by atoms with van der Waals surface area (Å²) in [5.41, 5.74) is 7.16. The number of hydrogen-bond donors (Lipinski definition) is 2. The third-order valence-corrected chi connectivity index (χ3v) is 7.71. The zero-order chi connectivity index (χ0) is 21.8. The number of benzene rings is 1. The molecule has 156 valence electrons. The molecule has 9 heteroatoms. The third kappa shape index (κ3) is 5.11. The third-order valence-electron chi connectivity index (χ3n) is 4.52. The number of sulfonamides is 1. The zero-order valence-electron chi connectivity index (χ0n) is 16.9. The van der Waals surface area contributed by atoms with Crippen molar-refractivity contribution >= 4 is 44.3 Å². The molecule has 0 bridgehead atoms. The highest BCUT2D eigenvalue weighted by atomic mass is 32.2. The maximum absolute atomic E-state index is 12.5. The van der Waals surface area contributed by atoms with E-state index in [2.05, 4.69) is 5.32 Å². The normalized spacial score (nSPS) is 11.9. The molecule has 1 aromatic heterocycles. The van der Waals surface area contributed by atoms with Gasteiger partial charge >= 0.3 is 0 Å². The van der Waals surface area contributed by atoms with Crippen molar-refractivity contribution in [2.75, 3.05) is 18.4 Å². The molecule has 2 aromatic rings. The predicted molar refractivity (Wildman–Crippen MR) is 117 cm³/mol. The molecule has 0 aliphatic heterocycles. The number of primary amides is 1. The van der Waals surface area contributed by atoms with E-state index in [4.69, 9.17) is 5.73 Å². The van der Waals surface area contributed by atoms with Crippen LogP contribution in [0.15, 0.2) is 35.2 Å². The van der Waals surface area contributed by atoms with Crippen molar-refractivity contribution in [2.45, 2.75) is 32.6 Å². The van der Waals surface area contributed by atoms with E-state index in [1.807, 2.05) is 6.92 Å². The standard InChI is InChI=1S/C20H25N3O4S2/c1-5-23(6-2)29(26,27)16-10-7-15(8-11-16)9-12-17(24)22-20-18(19(21)25)13(3)14(4)28-20/h7-12H,5-6H2,1-4H3,(H2,21,25)(H,22,24)/b12-9+. The highest BCUT2D eigenvalue weighted by Gasteiger charge is 2.21. The van der Waals surface area contributed by atoms with Gasteiger partial charge in [-0.25, -0.2) is 8.42 Å². The van der Waals surface area contributed by atoms with Gasteiger partial charge in [-0.15, -0.1) is 11.3 Å². The first-order valence-corrected chi connectivity index (χ1v) is 11.4. The predicted octanol–water partition coefficient (Wildman–Crippen LogP) is 3.15. The topological polar surface area (TPSA) is 110 Å². The Morgan fingerprint density at radius 3 is 2.24 bits per heavy atom. The summed E-state index contributed by atoms with van der Waals surface area (Å²) in [7, 11) is -3.52. The fraction of sp³-hybridized carbons (Fsp3) is 0.300. The Morgan fingerprint density at radius 1 is 1.14 bits per heavy atom. The van der Waals surface area contributed by atoms with Crippen LogP contribution in [0.1, 0.15) is 40.2 Å². The molecule has 0 spiro atoms. The Morgan fingerprint density at radius 2 is 1.72 bits per heavy atom. The number of nitrogens with one attached hydrogen (secondary N) is 1. The number of rotatable bonds is 8. The van der Waals surface area contributed by atoms with E-state index >= 15 is 0 Å². The smallest absolute Gasteiger partial charge is 0.251 e. The summed E-state index contributed by atoms with van der Waals surface area (Å²) < 4.78 is 26.4. The van der Waals surface area contributed by atoms with Crippen LogP contribution in [0.3, 0.4) is 0 Å². The van der Waals surface area contributed by atoms with Crippen molar-refractivity contribution in [3.05, 3.63) is 51.9 Å². The van der Waals surface area contributed by atoms with E-state index in [0.29, 0.717) is 29.2 Å². The van der Waals surface area contributed by atoms with E-state index in [1.54, 1.807) is 39.0 Å². The lowest BCUT2D eigenvalue weighted by Gasteiger charge is -2.18. The van der Waals surface area contributed by atoms with Crippen LogP contribution in [0, 0.1) is 13.8 Å². The van der Waals surface area contributed by atoms with Crippen LogP contribution in [-0.2, 0) is 14.8 Å². The fourth-order valence-corrected chi connectivity index (χ4v) is 5.33. The van der Waals surface area contributed by atoms with E-state index in [1.165, 1.54) is 33.9 Å². The summed E-state index contributed by atoms with van der Waals surface area (Å²) in [5, 5.41) is 3.10. The van der Waals surface area contributed by atoms with Gasteiger partial charge in [-0.3, -0.25) is 9.59 Å². The first kappa shape index (κ1) is 22.8. The molecule has 0 unspecified atom stereocenters. The Bertz CT molecular complexity index is 1030. The van der Waals surface area contributed by atoms with Crippen molar-refractivity contribution in [1.82, 2.24) is 4.31 Å². The van der Waals surface area contributed by atoms with Gasteiger partial charge in [0.1, 0.15) is 5.00 Å². The molecular formula is C20H25N3O4S2. The minimum Gasteiger partial charge on any atom is -0.365 e. The molecule has 0 aliphatic carbocycles. The summed E-state index contributed by atoms with van der Waals surface area (Å²) >= 11 is 1.29. The highest BCUT2D eigenvalue weighted by Crippen LogP contribution is 2.32. The fourth-order valence-electron chi connectivity index (χ4n) is 2.80. The van der Waals surface area contributed by atoms with Crippen molar-refractivity contribution in [3.8, 4) is 0 Å². The Balaban J connectivity index is 2.14. The lowest BCUT2D eigenvalue weighted by Crippen LogP contribution is -2.30. The minimum absolute atomic E-state index is 0.207. The van der Waals surface area contributed by atoms with Crippen molar-refractivity contribution in [1.29, 1.82) is 0 Å². The summed E-state index contributed by atoms with van der Waals surface area (Å²) in [6.45, 7) is 8.01. The van der Waals surface area contributed by atoms with Crippen molar-refractivity contribution < 1.29 is 18.0 Å². The molecule has 7 nitrogen and oxygen atoms in total. The van der Waals surface area contributed by atoms with Crippen LogP contribution < -0.4 is 11.1 Å². The van der Waals surface area contributed by atoms with Gasteiger partial charge < -0.3 is 11.1 Å². The summed E-state index contributed by atoms with van der Waals surface area (Å²) in [4.78, 5) is 25.0. The number of aryl methyl sites for hydroxylation is 1. The summed E-state index contributed by atoms with van der Waals surface area (Å²) in [5.74, 6) is -0.996. The Hall–Kier alpha value is -2.49. The largest absolute Gasteiger partial charge is 0.365 e. The Labute approximate surface area is 175 Å². The number of nitrogens with zero attached hydrogens (tertiary/aromatic N) is 1. The molecule has 0 fully saturated rings. The molecule has 3 N–H and O–H groups in total. The first-order valence-electron chi connectivity index (χ1n) is 9.10. The van der Waals surface area contributed by atoms with Gasteiger partial charge in [0.05, 0.1) is 10.5 Å². The number of carbonyl (C=O) groups is 2. The monoisotopic (exact) mass is 435 g/mol. The summed E-state index contributed by atoms with van der Waals surface area (Å²) in [6.07, 6.45) is 2.89. The van der Waals surface area contributed by atoms with E-state index < -0.39 is 21.8 Å². The molecule has 0 atom stereocenters. The first-order chi connectivity index (χ1) is 13.6. The SMILES string of the molecule is CCN(CC)S(=O)(=O)c1ccc(/C=C/C(=O)Nc2sc(C)c(C)c2C(N)=O)cc1. The van der Waals surface area contributed by atoms with Crippen molar-refractivity contribution in [3.63, 3.8) is 0 Å². The van der Waals surface area contributed by atoms with Crippen LogP contribution >= 0.6 is 11.3 Å².